The largest absolute Gasteiger partial charge is 0.205 e. The van der Waals surface area contributed by atoms with E-state index in [0.29, 0.717) is 34.4 Å². The number of hydrogen-bond acceptors (Lipinski definition) is 0. The van der Waals surface area contributed by atoms with Crippen molar-refractivity contribution in [2.24, 2.45) is 17.8 Å². The lowest BCUT2D eigenvalue weighted by Crippen LogP contribution is -2.10. The van der Waals surface area contributed by atoms with Crippen molar-refractivity contribution in [1.29, 1.82) is 0 Å². The number of hydrogen-bond donors (Lipinski definition) is 0. The second-order valence-electron chi connectivity index (χ2n) is 19.9. The molecule has 9 rings (SSSR count). The van der Waals surface area contributed by atoms with E-state index in [9.17, 15) is 13.2 Å². The molecule has 0 nitrogen and oxygen atoms in total. The molecule has 0 spiro atoms. The van der Waals surface area contributed by atoms with Crippen LogP contribution in [0.15, 0.2) is 109 Å². The lowest BCUT2D eigenvalue weighted by Gasteiger charge is -2.26. The van der Waals surface area contributed by atoms with Crippen LogP contribution >= 0.6 is 34.8 Å². The highest BCUT2D eigenvalue weighted by Gasteiger charge is 2.23. The van der Waals surface area contributed by atoms with Crippen LogP contribution in [0.4, 0.5) is 13.2 Å². The van der Waals surface area contributed by atoms with E-state index in [4.69, 9.17) is 34.8 Å². The van der Waals surface area contributed by atoms with Crippen LogP contribution < -0.4 is 0 Å². The number of rotatable bonds is 6. The molecule has 354 valence electrons. The highest BCUT2D eigenvalue weighted by atomic mass is 35.5. The van der Waals surface area contributed by atoms with Gasteiger partial charge in [0, 0.05) is 21.0 Å². The van der Waals surface area contributed by atoms with Crippen molar-refractivity contribution in [2.45, 2.75) is 136 Å². The lowest BCUT2D eigenvalue weighted by molar-refractivity contribution is 0.348. The van der Waals surface area contributed by atoms with Gasteiger partial charge in [-0.15, -0.1) is 0 Å². The van der Waals surface area contributed by atoms with Gasteiger partial charge in [0.05, 0.1) is 15.1 Å². The first-order valence-corrected chi connectivity index (χ1v) is 25.5. The maximum Gasteiger partial charge on any atom is 0.149 e. The third kappa shape index (κ3) is 12.2. The van der Waals surface area contributed by atoms with Crippen LogP contribution in [0.2, 0.25) is 15.1 Å². The van der Waals surface area contributed by atoms with Gasteiger partial charge in [0.1, 0.15) is 17.5 Å². The summed E-state index contributed by atoms with van der Waals surface area (Å²) in [6, 6.07) is 36.3. The average molecular weight is 957 g/mol. The summed E-state index contributed by atoms with van der Waals surface area (Å²) in [5.41, 5.74) is 11.0. The molecule has 0 aromatic heterocycles. The molecule has 3 aliphatic carbocycles. The summed E-state index contributed by atoms with van der Waals surface area (Å²) in [7, 11) is 0. The Labute approximate surface area is 412 Å². The minimum Gasteiger partial charge on any atom is -0.205 e. The molecule has 0 heterocycles. The Morgan fingerprint density at radius 2 is 0.606 bits per heavy atom. The summed E-state index contributed by atoms with van der Waals surface area (Å²) in [4.78, 5) is 0. The standard InChI is InChI=1S/3C20H22ClF.3H2/c1-13-3-6-15(7-4-13)16-8-10-17(11-9-16)18-12-5-14(2)20(22)19(18)21;2*1-13-3-6-15(7-4-13)16-8-10-17(11-9-16)18-12-5-14(2)19(21)20(18)22;;;/h3*5,8-13,15H,3-4,6-7H2,1-2H3;3*1H. The van der Waals surface area contributed by atoms with E-state index < -0.39 is 0 Å². The van der Waals surface area contributed by atoms with Crippen LogP contribution in [0, 0.1) is 56.0 Å². The molecule has 66 heavy (non-hydrogen) atoms. The SMILES string of the molecule is Cc1ccc(-c2ccc(C3CCC(C)CC3)cc2)c(Cl)c1F.Cc1ccc(-c2ccc(C3CCC(C)CC3)cc2)c(F)c1Cl.Cc1ccc(-c2ccc(C3CCC(C)CC3)cc2)c(F)c1Cl.[HH].[HH].[HH]. The molecule has 6 heteroatoms. The molecule has 0 amide bonds. The van der Waals surface area contributed by atoms with Crippen molar-refractivity contribution in [3.05, 3.63) is 175 Å². The van der Waals surface area contributed by atoms with Crippen molar-refractivity contribution in [1.82, 2.24) is 0 Å². The fourth-order valence-electron chi connectivity index (χ4n) is 10.2. The number of halogens is 6. The zero-order valence-corrected chi connectivity index (χ0v) is 41.9. The molecule has 0 aliphatic heterocycles. The van der Waals surface area contributed by atoms with E-state index in [-0.39, 0.29) is 36.8 Å². The molecular formula is C60H72Cl3F3. The predicted molar refractivity (Wildman–Crippen MR) is 282 cm³/mol. The Kier molecular flexibility index (Phi) is 17.3. The molecule has 0 radical (unpaired) electrons. The van der Waals surface area contributed by atoms with Crippen LogP contribution in [0.3, 0.4) is 0 Å². The van der Waals surface area contributed by atoms with E-state index in [1.54, 1.807) is 13.0 Å². The summed E-state index contributed by atoms with van der Waals surface area (Å²) in [6.07, 6.45) is 15.5. The zero-order valence-electron chi connectivity index (χ0n) is 39.6. The third-order valence-electron chi connectivity index (χ3n) is 15.0. The molecular weight excluding hydrogens is 884 g/mol. The van der Waals surface area contributed by atoms with Crippen molar-refractivity contribution >= 4 is 34.8 Å². The smallest absolute Gasteiger partial charge is 0.149 e. The quantitative estimate of drug-likeness (QED) is 0.156. The number of aryl methyl sites for hydroxylation is 3. The summed E-state index contributed by atoms with van der Waals surface area (Å²) >= 11 is 18.2. The second-order valence-corrected chi connectivity index (χ2v) is 21.0. The van der Waals surface area contributed by atoms with Gasteiger partial charge in [-0.25, -0.2) is 13.2 Å². The Bertz CT molecular complexity index is 2260. The zero-order chi connectivity index (χ0) is 47.1. The summed E-state index contributed by atoms with van der Waals surface area (Å²) in [5.74, 6) is 3.64. The monoisotopic (exact) mass is 954 g/mol. The van der Waals surface area contributed by atoms with Crippen LogP contribution in [0.1, 0.15) is 153 Å². The third-order valence-corrected chi connectivity index (χ3v) is 16.3. The first-order valence-electron chi connectivity index (χ1n) is 24.3. The summed E-state index contributed by atoms with van der Waals surface area (Å²) in [5, 5.41) is 0.671. The van der Waals surface area contributed by atoms with Gasteiger partial charge in [-0.05, 0) is 145 Å². The van der Waals surface area contributed by atoms with E-state index in [2.05, 4.69) is 69.3 Å². The maximum absolute atomic E-state index is 14.3. The fraction of sp³-hybridized carbons (Fsp3) is 0.400. The summed E-state index contributed by atoms with van der Waals surface area (Å²) < 4.78 is 42.6. The van der Waals surface area contributed by atoms with Crippen molar-refractivity contribution in [3.63, 3.8) is 0 Å². The maximum atomic E-state index is 14.3. The van der Waals surface area contributed by atoms with Crippen molar-refractivity contribution < 1.29 is 17.5 Å². The van der Waals surface area contributed by atoms with E-state index in [1.165, 1.54) is 93.7 Å². The van der Waals surface area contributed by atoms with Crippen LogP contribution in [0.5, 0.6) is 0 Å². The molecule has 6 aromatic rings. The highest BCUT2D eigenvalue weighted by molar-refractivity contribution is 6.33. The molecule has 0 atom stereocenters. The van der Waals surface area contributed by atoms with E-state index in [1.807, 2.05) is 68.4 Å². The predicted octanol–water partition coefficient (Wildman–Crippen LogP) is 21.0. The molecule has 0 saturated heterocycles. The van der Waals surface area contributed by atoms with Gasteiger partial charge in [-0.3, -0.25) is 0 Å². The van der Waals surface area contributed by atoms with Crippen LogP contribution in [0.25, 0.3) is 33.4 Å². The highest BCUT2D eigenvalue weighted by Crippen LogP contribution is 2.40. The van der Waals surface area contributed by atoms with Crippen molar-refractivity contribution in [2.75, 3.05) is 0 Å². The molecule has 3 fully saturated rings. The molecule has 0 N–H and O–H groups in total. The first-order chi connectivity index (χ1) is 31.7. The fourth-order valence-corrected chi connectivity index (χ4v) is 10.8. The first kappa shape index (κ1) is 49.9. The van der Waals surface area contributed by atoms with Gasteiger partial charge in [0.25, 0.3) is 0 Å². The molecule has 0 unspecified atom stereocenters. The van der Waals surface area contributed by atoms with Gasteiger partial charge < -0.3 is 0 Å². The van der Waals surface area contributed by atoms with Crippen molar-refractivity contribution in [3.8, 4) is 33.4 Å². The van der Waals surface area contributed by atoms with Crippen LogP contribution in [-0.4, -0.2) is 0 Å². The lowest BCUT2D eigenvalue weighted by atomic mass is 9.79. The molecule has 0 bridgehead atoms. The minimum absolute atomic E-state index is 0. The second kappa shape index (κ2) is 22.9. The Hall–Kier alpha value is -4.02. The van der Waals surface area contributed by atoms with Gasteiger partial charge in [-0.2, -0.15) is 0 Å². The minimum atomic E-state index is -0.319. The molecule has 3 saturated carbocycles. The average Bonchev–Trinajstić information content (AvgIpc) is 3.33. The van der Waals surface area contributed by atoms with Gasteiger partial charge in [-0.1, -0.05) is 203 Å². The Morgan fingerprint density at radius 1 is 0.333 bits per heavy atom. The Balaban J connectivity index is 0.000000221. The van der Waals surface area contributed by atoms with Gasteiger partial charge in [0.15, 0.2) is 0 Å². The van der Waals surface area contributed by atoms with E-state index in [0.717, 1.165) is 51.1 Å². The summed E-state index contributed by atoms with van der Waals surface area (Å²) in [6.45, 7) is 12.4. The van der Waals surface area contributed by atoms with E-state index >= 15 is 0 Å². The molecule has 6 aromatic carbocycles. The van der Waals surface area contributed by atoms with Gasteiger partial charge >= 0.3 is 0 Å². The Morgan fingerprint density at radius 3 is 0.924 bits per heavy atom. The topological polar surface area (TPSA) is 0 Å². The number of benzene rings is 6. The van der Waals surface area contributed by atoms with Gasteiger partial charge in [0.2, 0.25) is 0 Å². The normalized spacial score (nSPS) is 21.8. The van der Waals surface area contributed by atoms with Crippen LogP contribution in [-0.2, 0) is 0 Å². The molecule has 3 aliphatic rings.